The van der Waals surface area contributed by atoms with Crippen molar-refractivity contribution in [3.05, 3.63) is 39.1 Å². The second kappa shape index (κ2) is 6.02. The maximum absolute atomic E-state index is 12.7. The van der Waals surface area contributed by atoms with Gasteiger partial charge in [-0.25, -0.2) is 9.90 Å². The summed E-state index contributed by atoms with van der Waals surface area (Å²) >= 11 is 3.49. The van der Waals surface area contributed by atoms with Gasteiger partial charge in [0.05, 0.1) is 5.57 Å². The topological polar surface area (TPSA) is 59.0 Å². The van der Waals surface area contributed by atoms with E-state index in [1.165, 1.54) is 7.11 Å². The molecule has 1 aromatic carbocycles. The van der Waals surface area contributed by atoms with Crippen LogP contribution in [0.1, 0.15) is 30.5 Å². The summed E-state index contributed by atoms with van der Waals surface area (Å²) in [5, 5.41) is 11.8. The first-order valence-corrected chi connectivity index (χ1v) is 7.68. The van der Waals surface area contributed by atoms with E-state index >= 15 is 0 Å². The smallest absolute Gasteiger partial charge is 0.282 e. The second-order valence-corrected chi connectivity index (χ2v) is 6.71. The largest absolute Gasteiger partial charge is 0.509 e. The van der Waals surface area contributed by atoms with Gasteiger partial charge in [0.25, 0.3) is 5.91 Å². The molecule has 1 heterocycles. The van der Waals surface area contributed by atoms with E-state index in [9.17, 15) is 9.90 Å². The van der Waals surface area contributed by atoms with Crippen LogP contribution in [0.15, 0.2) is 22.4 Å². The van der Waals surface area contributed by atoms with Gasteiger partial charge < -0.3 is 9.84 Å². The van der Waals surface area contributed by atoms with Crippen molar-refractivity contribution in [1.82, 2.24) is 5.06 Å². The van der Waals surface area contributed by atoms with Crippen molar-refractivity contribution < 1.29 is 19.5 Å². The number of halogens is 1. The van der Waals surface area contributed by atoms with E-state index in [1.807, 2.05) is 26.0 Å². The van der Waals surface area contributed by atoms with Gasteiger partial charge in [-0.05, 0) is 44.9 Å². The summed E-state index contributed by atoms with van der Waals surface area (Å²) in [6, 6.07) is 3.89. The molecule has 1 N–H and O–H groups in total. The van der Waals surface area contributed by atoms with E-state index in [-0.39, 0.29) is 24.0 Å². The van der Waals surface area contributed by atoms with Gasteiger partial charge in [-0.2, -0.15) is 0 Å². The summed E-state index contributed by atoms with van der Waals surface area (Å²) in [5.41, 5.74) is 1.97. The molecule has 2 rings (SSSR count). The van der Waals surface area contributed by atoms with Gasteiger partial charge in [-0.1, -0.05) is 22.0 Å². The van der Waals surface area contributed by atoms with Crippen molar-refractivity contribution in [2.75, 3.05) is 13.9 Å². The Morgan fingerprint density at radius 1 is 1.32 bits per heavy atom. The highest BCUT2D eigenvalue weighted by molar-refractivity contribution is 9.10. The Bertz CT molecular complexity index is 629. The third kappa shape index (κ3) is 2.66. The van der Waals surface area contributed by atoms with Gasteiger partial charge in [-0.15, -0.1) is 0 Å². The van der Waals surface area contributed by atoms with E-state index in [0.29, 0.717) is 5.56 Å². The minimum absolute atomic E-state index is 0.0127. The zero-order valence-electron chi connectivity index (χ0n) is 13.4. The number of hydroxylamine groups is 2. The Morgan fingerprint density at radius 2 is 1.95 bits per heavy atom. The van der Waals surface area contributed by atoms with Crippen LogP contribution < -0.4 is 0 Å². The SMILES string of the molecule is COCON1C(=O)C(c2c(C)cc(C)cc2Br)=C(O)C1(C)C. The Labute approximate surface area is 138 Å². The third-order valence-electron chi connectivity index (χ3n) is 3.70. The van der Waals surface area contributed by atoms with Crippen molar-refractivity contribution in [3.8, 4) is 0 Å². The van der Waals surface area contributed by atoms with E-state index in [1.54, 1.807) is 13.8 Å². The van der Waals surface area contributed by atoms with E-state index in [0.717, 1.165) is 20.7 Å². The Morgan fingerprint density at radius 3 is 2.50 bits per heavy atom. The lowest BCUT2D eigenvalue weighted by atomic mass is 9.95. The first-order valence-electron chi connectivity index (χ1n) is 6.89. The molecular weight excluding hydrogens is 350 g/mol. The highest BCUT2D eigenvalue weighted by Crippen LogP contribution is 2.42. The average Bonchev–Trinajstić information content (AvgIpc) is 2.56. The summed E-state index contributed by atoms with van der Waals surface area (Å²) in [7, 11) is 1.47. The minimum atomic E-state index is -0.957. The molecule has 1 amide bonds. The molecule has 1 aliphatic heterocycles. The van der Waals surface area contributed by atoms with Crippen LogP contribution in [-0.2, 0) is 14.4 Å². The molecule has 0 saturated carbocycles. The molecule has 0 aliphatic carbocycles. The minimum Gasteiger partial charge on any atom is -0.509 e. The number of rotatable bonds is 4. The van der Waals surface area contributed by atoms with Crippen LogP contribution in [0.2, 0.25) is 0 Å². The molecule has 0 spiro atoms. The highest BCUT2D eigenvalue weighted by atomic mass is 79.9. The van der Waals surface area contributed by atoms with Crippen LogP contribution in [0.4, 0.5) is 0 Å². The highest BCUT2D eigenvalue weighted by Gasteiger charge is 2.48. The van der Waals surface area contributed by atoms with Crippen molar-refractivity contribution in [2.24, 2.45) is 0 Å². The molecule has 1 aromatic rings. The molecular formula is C16H20BrNO4. The van der Waals surface area contributed by atoms with Crippen LogP contribution in [0, 0.1) is 13.8 Å². The van der Waals surface area contributed by atoms with Gasteiger partial charge in [0, 0.05) is 17.1 Å². The fourth-order valence-corrected chi connectivity index (χ4v) is 3.51. The fraction of sp³-hybridized carbons (Fsp3) is 0.438. The Hall–Kier alpha value is -1.37. The van der Waals surface area contributed by atoms with Crippen LogP contribution in [-0.4, -0.2) is 35.5 Å². The van der Waals surface area contributed by atoms with Gasteiger partial charge >= 0.3 is 0 Å². The maximum atomic E-state index is 12.7. The molecule has 0 radical (unpaired) electrons. The predicted molar refractivity (Wildman–Crippen MR) is 87.1 cm³/mol. The number of benzene rings is 1. The number of amides is 1. The van der Waals surface area contributed by atoms with Crippen molar-refractivity contribution in [3.63, 3.8) is 0 Å². The maximum Gasteiger partial charge on any atom is 0.282 e. The lowest BCUT2D eigenvalue weighted by molar-refractivity contribution is -0.238. The first kappa shape index (κ1) is 17.0. The number of hydrogen-bond acceptors (Lipinski definition) is 4. The monoisotopic (exact) mass is 369 g/mol. The molecule has 0 aromatic heterocycles. The van der Waals surface area contributed by atoms with E-state index < -0.39 is 5.54 Å². The standard InChI is InChI=1S/C16H20BrNO4/c1-9-6-10(2)12(11(17)7-9)13-14(19)16(3,4)18(15(13)20)22-8-21-5/h6-7,19H,8H2,1-5H3. The number of aryl methyl sites for hydroxylation is 2. The van der Waals surface area contributed by atoms with Crippen molar-refractivity contribution in [1.29, 1.82) is 0 Å². The molecule has 6 heteroatoms. The molecule has 22 heavy (non-hydrogen) atoms. The molecule has 0 saturated heterocycles. The molecule has 0 unspecified atom stereocenters. The van der Waals surface area contributed by atoms with Crippen LogP contribution >= 0.6 is 15.9 Å². The third-order valence-corrected chi connectivity index (χ3v) is 4.33. The fourth-order valence-electron chi connectivity index (χ4n) is 2.64. The van der Waals surface area contributed by atoms with E-state index in [2.05, 4.69) is 15.9 Å². The summed E-state index contributed by atoms with van der Waals surface area (Å²) in [6.45, 7) is 7.26. The van der Waals surface area contributed by atoms with Gasteiger partial charge in [-0.3, -0.25) is 4.79 Å². The van der Waals surface area contributed by atoms with Gasteiger partial charge in [0.1, 0.15) is 11.3 Å². The molecule has 1 aliphatic rings. The Balaban J connectivity index is 2.56. The first-order chi connectivity index (χ1) is 10.2. The lowest BCUT2D eigenvalue weighted by Crippen LogP contribution is -2.43. The van der Waals surface area contributed by atoms with Crippen molar-refractivity contribution in [2.45, 2.75) is 33.2 Å². The van der Waals surface area contributed by atoms with Gasteiger partial charge in [0.2, 0.25) is 0 Å². The molecule has 0 atom stereocenters. The molecule has 0 fully saturated rings. The van der Waals surface area contributed by atoms with Crippen molar-refractivity contribution >= 4 is 27.4 Å². The van der Waals surface area contributed by atoms with Gasteiger partial charge in [0.15, 0.2) is 6.79 Å². The molecule has 120 valence electrons. The molecule has 5 nitrogen and oxygen atoms in total. The van der Waals surface area contributed by atoms with Crippen LogP contribution in [0.25, 0.3) is 5.57 Å². The number of carbonyl (C=O) groups excluding carboxylic acids is 1. The lowest BCUT2D eigenvalue weighted by Gasteiger charge is -2.30. The number of aliphatic hydroxyl groups is 1. The number of ether oxygens (including phenoxy) is 1. The second-order valence-electron chi connectivity index (χ2n) is 5.86. The molecule has 0 bridgehead atoms. The summed E-state index contributed by atoms with van der Waals surface area (Å²) in [4.78, 5) is 18.1. The van der Waals surface area contributed by atoms with E-state index in [4.69, 9.17) is 9.57 Å². The number of methoxy groups -OCH3 is 1. The number of carbonyl (C=O) groups is 1. The number of hydrogen-bond donors (Lipinski definition) is 1. The Kier molecular flexibility index (Phi) is 4.65. The zero-order valence-corrected chi connectivity index (χ0v) is 14.9. The normalized spacial score (nSPS) is 17.5. The zero-order chi connectivity index (χ0) is 16.7. The van der Waals surface area contributed by atoms with Crippen LogP contribution in [0.3, 0.4) is 0 Å². The average molecular weight is 370 g/mol. The summed E-state index contributed by atoms with van der Waals surface area (Å²) in [6.07, 6.45) is 0. The predicted octanol–water partition coefficient (Wildman–Crippen LogP) is 3.49. The summed E-state index contributed by atoms with van der Waals surface area (Å²) in [5.74, 6) is -0.395. The number of aliphatic hydroxyl groups excluding tert-OH is 1. The number of nitrogens with zero attached hydrogens (tertiary/aromatic N) is 1. The van der Waals surface area contributed by atoms with Crippen LogP contribution in [0.5, 0.6) is 0 Å². The summed E-state index contributed by atoms with van der Waals surface area (Å²) < 4.78 is 5.63. The quantitative estimate of drug-likeness (QED) is 0.825.